The molecule has 2 rings (SSSR count). The molecule has 0 amide bonds. The predicted molar refractivity (Wildman–Crippen MR) is 65.6 cm³/mol. The van der Waals surface area contributed by atoms with Gasteiger partial charge in [0.1, 0.15) is 0 Å². The summed E-state index contributed by atoms with van der Waals surface area (Å²) in [7, 11) is 2.20. The van der Waals surface area contributed by atoms with Crippen molar-refractivity contribution in [2.45, 2.75) is 31.3 Å². The molecular formula is C12H25N3O. The number of likely N-dealkylation sites (tertiary alicyclic amines) is 1. The summed E-state index contributed by atoms with van der Waals surface area (Å²) in [5.74, 6) is 0. The van der Waals surface area contributed by atoms with Crippen LogP contribution in [0.5, 0.6) is 0 Å². The van der Waals surface area contributed by atoms with Gasteiger partial charge in [-0.3, -0.25) is 4.90 Å². The molecule has 0 radical (unpaired) electrons. The maximum absolute atomic E-state index is 9.48. The summed E-state index contributed by atoms with van der Waals surface area (Å²) in [4.78, 5) is 4.95. The van der Waals surface area contributed by atoms with Crippen molar-refractivity contribution in [2.75, 3.05) is 46.4 Å². The van der Waals surface area contributed by atoms with Crippen molar-refractivity contribution in [2.24, 2.45) is 0 Å². The zero-order valence-electron chi connectivity index (χ0n) is 10.4. The van der Waals surface area contributed by atoms with Gasteiger partial charge >= 0.3 is 0 Å². The molecule has 4 nitrogen and oxygen atoms in total. The van der Waals surface area contributed by atoms with Crippen LogP contribution in [-0.2, 0) is 0 Å². The van der Waals surface area contributed by atoms with Crippen LogP contribution in [0, 0.1) is 0 Å². The van der Waals surface area contributed by atoms with Gasteiger partial charge in [-0.1, -0.05) is 0 Å². The van der Waals surface area contributed by atoms with Gasteiger partial charge in [0.25, 0.3) is 0 Å². The molecule has 2 aliphatic heterocycles. The largest absolute Gasteiger partial charge is 0.395 e. The molecule has 0 spiro atoms. The van der Waals surface area contributed by atoms with E-state index in [-0.39, 0.29) is 0 Å². The lowest BCUT2D eigenvalue weighted by atomic mass is 10.0. The summed E-state index contributed by atoms with van der Waals surface area (Å²) in [5, 5.41) is 12.9. The molecule has 2 N–H and O–H groups in total. The van der Waals surface area contributed by atoms with Gasteiger partial charge in [0, 0.05) is 25.2 Å². The van der Waals surface area contributed by atoms with Gasteiger partial charge in [-0.05, 0) is 45.9 Å². The molecule has 1 atom stereocenters. The third-order valence-corrected chi connectivity index (χ3v) is 3.99. The van der Waals surface area contributed by atoms with Gasteiger partial charge < -0.3 is 15.3 Å². The number of nitrogens with zero attached hydrogens (tertiary/aromatic N) is 2. The summed E-state index contributed by atoms with van der Waals surface area (Å²) in [6.45, 7) is 5.88. The molecule has 2 saturated heterocycles. The van der Waals surface area contributed by atoms with Gasteiger partial charge in [0.15, 0.2) is 0 Å². The van der Waals surface area contributed by atoms with E-state index in [1.54, 1.807) is 0 Å². The van der Waals surface area contributed by atoms with E-state index in [4.69, 9.17) is 0 Å². The Labute approximate surface area is 98.6 Å². The van der Waals surface area contributed by atoms with Crippen molar-refractivity contribution in [3.05, 3.63) is 0 Å². The monoisotopic (exact) mass is 227 g/mol. The highest BCUT2D eigenvalue weighted by Gasteiger charge is 2.29. The van der Waals surface area contributed by atoms with Crippen molar-refractivity contribution in [1.82, 2.24) is 15.1 Å². The first kappa shape index (κ1) is 12.3. The number of aliphatic hydroxyl groups is 1. The first-order valence-electron chi connectivity index (χ1n) is 6.57. The molecular weight excluding hydrogens is 202 g/mol. The maximum atomic E-state index is 9.48. The fraction of sp³-hybridized carbons (Fsp3) is 1.00. The number of aliphatic hydroxyl groups excluding tert-OH is 1. The molecule has 0 aromatic carbocycles. The molecule has 0 aromatic heterocycles. The second-order valence-corrected chi connectivity index (χ2v) is 5.17. The fourth-order valence-corrected chi connectivity index (χ4v) is 2.93. The van der Waals surface area contributed by atoms with Crippen molar-refractivity contribution in [3.63, 3.8) is 0 Å². The van der Waals surface area contributed by atoms with Crippen LogP contribution in [0.4, 0.5) is 0 Å². The van der Waals surface area contributed by atoms with E-state index in [9.17, 15) is 5.11 Å². The number of rotatable bonds is 2. The highest BCUT2D eigenvalue weighted by Crippen LogP contribution is 2.19. The lowest BCUT2D eigenvalue weighted by Crippen LogP contribution is -2.51. The normalized spacial score (nSPS) is 31.5. The van der Waals surface area contributed by atoms with Gasteiger partial charge in [-0.25, -0.2) is 0 Å². The van der Waals surface area contributed by atoms with Crippen LogP contribution >= 0.6 is 0 Å². The Morgan fingerprint density at radius 3 is 2.69 bits per heavy atom. The smallest absolute Gasteiger partial charge is 0.0599 e. The van der Waals surface area contributed by atoms with E-state index >= 15 is 0 Å². The summed E-state index contributed by atoms with van der Waals surface area (Å²) in [6.07, 6.45) is 3.73. The number of nitrogens with one attached hydrogen (secondary N) is 1. The molecule has 0 bridgehead atoms. The van der Waals surface area contributed by atoms with Crippen LogP contribution in [0.1, 0.15) is 19.3 Å². The molecule has 2 heterocycles. The fourth-order valence-electron chi connectivity index (χ4n) is 2.93. The van der Waals surface area contributed by atoms with Crippen molar-refractivity contribution >= 4 is 0 Å². The standard InChI is InChI=1S/C12H25N3O/c1-14-7-3-11(4-8-14)15-6-2-5-13-9-12(15)10-16/h11-13,16H,2-10H2,1H3. The Morgan fingerprint density at radius 1 is 1.25 bits per heavy atom. The zero-order chi connectivity index (χ0) is 11.4. The number of piperidine rings is 1. The Balaban J connectivity index is 1.93. The van der Waals surface area contributed by atoms with Gasteiger partial charge in [0.05, 0.1) is 6.61 Å². The second kappa shape index (κ2) is 5.96. The van der Waals surface area contributed by atoms with Crippen molar-refractivity contribution in [1.29, 1.82) is 0 Å². The maximum Gasteiger partial charge on any atom is 0.0599 e. The summed E-state index contributed by atoms with van der Waals surface area (Å²) < 4.78 is 0. The SMILES string of the molecule is CN1CCC(N2CCCNCC2CO)CC1. The minimum Gasteiger partial charge on any atom is -0.395 e. The Kier molecular flexibility index (Phi) is 4.58. The lowest BCUT2D eigenvalue weighted by Gasteiger charge is -2.40. The van der Waals surface area contributed by atoms with E-state index in [0.29, 0.717) is 18.7 Å². The molecule has 94 valence electrons. The van der Waals surface area contributed by atoms with Crippen molar-refractivity contribution in [3.8, 4) is 0 Å². The predicted octanol–water partition coefficient (Wildman–Crippen LogP) is -0.263. The lowest BCUT2D eigenvalue weighted by molar-refractivity contribution is 0.0583. The topological polar surface area (TPSA) is 38.7 Å². The van der Waals surface area contributed by atoms with Crippen LogP contribution in [-0.4, -0.2) is 73.4 Å². The van der Waals surface area contributed by atoms with Crippen molar-refractivity contribution < 1.29 is 5.11 Å². The van der Waals surface area contributed by atoms with Crippen LogP contribution in [0.25, 0.3) is 0 Å². The van der Waals surface area contributed by atoms with Crippen LogP contribution in [0.3, 0.4) is 0 Å². The molecule has 4 heteroatoms. The Morgan fingerprint density at radius 2 is 2.00 bits per heavy atom. The highest BCUT2D eigenvalue weighted by atomic mass is 16.3. The molecule has 0 aromatic rings. The minimum absolute atomic E-state index is 0.291. The third-order valence-electron chi connectivity index (χ3n) is 3.99. The molecule has 2 aliphatic rings. The van der Waals surface area contributed by atoms with E-state index < -0.39 is 0 Å². The molecule has 0 saturated carbocycles. The van der Waals surface area contributed by atoms with E-state index in [1.165, 1.54) is 32.4 Å². The average Bonchev–Trinajstić information content (AvgIpc) is 2.55. The highest BCUT2D eigenvalue weighted by molar-refractivity contribution is 4.86. The molecule has 16 heavy (non-hydrogen) atoms. The quantitative estimate of drug-likeness (QED) is 0.681. The summed E-state index contributed by atoms with van der Waals surface area (Å²) in [5.41, 5.74) is 0. The summed E-state index contributed by atoms with van der Waals surface area (Å²) in [6, 6.07) is 1.02. The Bertz CT molecular complexity index is 204. The van der Waals surface area contributed by atoms with Crippen LogP contribution in [0.15, 0.2) is 0 Å². The van der Waals surface area contributed by atoms with Gasteiger partial charge in [-0.2, -0.15) is 0 Å². The summed E-state index contributed by atoms with van der Waals surface area (Å²) >= 11 is 0. The zero-order valence-corrected chi connectivity index (χ0v) is 10.4. The van der Waals surface area contributed by atoms with Crippen LogP contribution < -0.4 is 5.32 Å². The molecule has 1 unspecified atom stereocenters. The number of hydrogen-bond acceptors (Lipinski definition) is 4. The van der Waals surface area contributed by atoms with E-state index in [1.807, 2.05) is 0 Å². The number of hydrogen-bond donors (Lipinski definition) is 2. The van der Waals surface area contributed by atoms with Gasteiger partial charge in [-0.15, -0.1) is 0 Å². The first-order valence-corrected chi connectivity index (χ1v) is 6.57. The van der Waals surface area contributed by atoms with E-state index in [0.717, 1.165) is 19.6 Å². The Hall–Kier alpha value is -0.160. The molecule has 0 aliphatic carbocycles. The average molecular weight is 227 g/mol. The minimum atomic E-state index is 0.291. The van der Waals surface area contributed by atoms with E-state index in [2.05, 4.69) is 22.2 Å². The van der Waals surface area contributed by atoms with Crippen LogP contribution in [0.2, 0.25) is 0 Å². The van der Waals surface area contributed by atoms with Gasteiger partial charge in [0.2, 0.25) is 0 Å². The molecule has 2 fully saturated rings. The third kappa shape index (κ3) is 2.94. The first-order chi connectivity index (χ1) is 7.81. The second-order valence-electron chi connectivity index (χ2n) is 5.17.